The van der Waals surface area contributed by atoms with Crippen LogP contribution in [-0.2, 0) is 16.6 Å². The summed E-state index contributed by atoms with van der Waals surface area (Å²) < 4.78 is 6.71. The maximum absolute atomic E-state index is 12.1. The molecule has 1 N–H and O–H groups in total. The Balaban J connectivity index is 1.97. The monoisotopic (exact) mass is 315 g/mol. The average Bonchev–Trinajstić information content (AvgIpc) is 2.73. The number of anilines is 1. The second kappa shape index (κ2) is 6.64. The fourth-order valence-corrected chi connectivity index (χ4v) is 2.41. The first kappa shape index (κ1) is 16.7. The number of esters is 1. The quantitative estimate of drug-likeness (QED) is 0.880. The molecule has 122 valence electrons. The summed E-state index contributed by atoms with van der Waals surface area (Å²) in [7, 11) is 1.76. The van der Waals surface area contributed by atoms with Crippen LogP contribution in [0.25, 0.3) is 0 Å². The van der Waals surface area contributed by atoms with Crippen LogP contribution in [0.4, 0.5) is 5.69 Å². The van der Waals surface area contributed by atoms with E-state index in [9.17, 15) is 9.59 Å². The number of hydrogen-bond donors (Lipinski definition) is 1. The molecule has 6 heteroatoms. The summed E-state index contributed by atoms with van der Waals surface area (Å²) in [5.74, 6) is -0.909. The van der Waals surface area contributed by atoms with Crippen molar-refractivity contribution >= 4 is 17.6 Å². The maximum atomic E-state index is 12.1. The molecule has 2 aromatic rings. The summed E-state index contributed by atoms with van der Waals surface area (Å²) in [5.41, 5.74) is 4.50. The van der Waals surface area contributed by atoms with Gasteiger partial charge in [0.2, 0.25) is 0 Å². The van der Waals surface area contributed by atoms with Crippen LogP contribution in [0.1, 0.15) is 32.9 Å². The molecule has 0 fully saturated rings. The van der Waals surface area contributed by atoms with Crippen molar-refractivity contribution in [3.05, 3.63) is 46.3 Å². The highest BCUT2D eigenvalue weighted by Crippen LogP contribution is 2.16. The zero-order chi connectivity index (χ0) is 17.1. The van der Waals surface area contributed by atoms with Gasteiger partial charge in [-0.05, 0) is 39.3 Å². The first-order valence-electron chi connectivity index (χ1n) is 7.34. The van der Waals surface area contributed by atoms with Crippen LogP contribution >= 0.6 is 0 Å². The van der Waals surface area contributed by atoms with Crippen LogP contribution in [0, 0.1) is 27.7 Å². The van der Waals surface area contributed by atoms with Crippen molar-refractivity contribution in [2.45, 2.75) is 27.7 Å². The first-order valence-corrected chi connectivity index (χ1v) is 7.34. The molecular weight excluding hydrogens is 294 g/mol. The standard InChI is InChI=1S/C17H21N3O3/c1-10-6-7-14(11(2)8-10)18-15(21)9-23-17(22)16-12(3)19-20(5)13(16)4/h6-8H,9H2,1-5H3,(H,18,21). The van der Waals surface area contributed by atoms with Crippen LogP contribution in [-0.4, -0.2) is 28.3 Å². The normalized spacial score (nSPS) is 10.5. The zero-order valence-electron chi connectivity index (χ0n) is 14.1. The summed E-state index contributed by atoms with van der Waals surface area (Å²) >= 11 is 0. The van der Waals surface area contributed by atoms with E-state index in [0.717, 1.165) is 11.1 Å². The van der Waals surface area contributed by atoms with E-state index in [0.29, 0.717) is 22.6 Å². The summed E-state index contributed by atoms with van der Waals surface area (Å²) in [6.07, 6.45) is 0. The Bertz CT molecular complexity index is 763. The Hall–Kier alpha value is -2.63. The van der Waals surface area contributed by atoms with Crippen molar-refractivity contribution in [1.29, 1.82) is 0 Å². The third-order valence-electron chi connectivity index (χ3n) is 3.70. The number of nitrogens with one attached hydrogen (secondary N) is 1. The Kier molecular flexibility index (Phi) is 4.83. The number of aryl methyl sites for hydroxylation is 4. The minimum atomic E-state index is -0.538. The number of aromatic nitrogens is 2. The SMILES string of the molecule is Cc1ccc(NC(=O)COC(=O)c2c(C)nn(C)c2C)c(C)c1. The van der Waals surface area contributed by atoms with E-state index in [4.69, 9.17) is 4.74 Å². The number of amides is 1. The van der Waals surface area contributed by atoms with E-state index in [-0.39, 0.29) is 12.5 Å². The molecule has 1 amide bonds. The fourth-order valence-electron chi connectivity index (χ4n) is 2.41. The lowest BCUT2D eigenvalue weighted by atomic mass is 10.1. The molecule has 2 rings (SSSR count). The van der Waals surface area contributed by atoms with E-state index >= 15 is 0 Å². The van der Waals surface area contributed by atoms with Gasteiger partial charge in [-0.25, -0.2) is 4.79 Å². The minimum Gasteiger partial charge on any atom is -0.452 e. The van der Waals surface area contributed by atoms with Crippen molar-refractivity contribution in [3.63, 3.8) is 0 Å². The van der Waals surface area contributed by atoms with Crippen LogP contribution in [0.5, 0.6) is 0 Å². The van der Waals surface area contributed by atoms with Crippen molar-refractivity contribution < 1.29 is 14.3 Å². The van der Waals surface area contributed by atoms with E-state index in [1.165, 1.54) is 0 Å². The fraction of sp³-hybridized carbons (Fsp3) is 0.353. The molecule has 0 saturated heterocycles. The van der Waals surface area contributed by atoms with E-state index in [1.807, 2.05) is 32.0 Å². The van der Waals surface area contributed by atoms with Gasteiger partial charge in [0.1, 0.15) is 5.56 Å². The second-order valence-electron chi connectivity index (χ2n) is 5.61. The molecule has 0 aliphatic rings. The van der Waals surface area contributed by atoms with Gasteiger partial charge in [0, 0.05) is 18.4 Å². The van der Waals surface area contributed by atoms with Crippen molar-refractivity contribution in [1.82, 2.24) is 9.78 Å². The lowest BCUT2D eigenvalue weighted by Crippen LogP contribution is -2.21. The van der Waals surface area contributed by atoms with Gasteiger partial charge in [-0.2, -0.15) is 5.10 Å². The molecule has 0 atom stereocenters. The predicted molar refractivity (Wildman–Crippen MR) is 87.5 cm³/mol. The van der Waals surface area contributed by atoms with E-state index in [2.05, 4.69) is 10.4 Å². The first-order chi connectivity index (χ1) is 10.8. The molecule has 0 aliphatic carbocycles. The molecule has 0 unspecified atom stereocenters. The number of hydrogen-bond acceptors (Lipinski definition) is 4. The topological polar surface area (TPSA) is 73.2 Å². The van der Waals surface area contributed by atoms with E-state index < -0.39 is 5.97 Å². The maximum Gasteiger partial charge on any atom is 0.342 e. The highest BCUT2D eigenvalue weighted by molar-refractivity contribution is 5.96. The number of carbonyl (C=O) groups excluding carboxylic acids is 2. The van der Waals surface area contributed by atoms with Gasteiger partial charge in [0.05, 0.1) is 5.69 Å². The molecule has 6 nitrogen and oxygen atoms in total. The lowest BCUT2D eigenvalue weighted by molar-refractivity contribution is -0.119. The van der Waals surface area contributed by atoms with Gasteiger partial charge >= 0.3 is 5.97 Å². The van der Waals surface area contributed by atoms with Crippen molar-refractivity contribution in [2.24, 2.45) is 7.05 Å². The van der Waals surface area contributed by atoms with Gasteiger partial charge in [0.15, 0.2) is 6.61 Å². The molecule has 0 spiro atoms. The summed E-state index contributed by atoms with van der Waals surface area (Å²) in [6.45, 7) is 7.08. The van der Waals surface area contributed by atoms with Crippen molar-refractivity contribution in [3.8, 4) is 0 Å². The molecular formula is C17H21N3O3. The molecule has 1 aromatic heterocycles. The van der Waals surface area contributed by atoms with Crippen LogP contribution in [0.3, 0.4) is 0 Å². The molecule has 0 radical (unpaired) electrons. The highest BCUT2D eigenvalue weighted by atomic mass is 16.5. The Morgan fingerprint density at radius 1 is 1.22 bits per heavy atom. The number of benzene rings is 1. The number of ether oxygens (including phenoxy) is 1. The molecule has 1 aromatic carbocycles. The Morgan fingerprint density at radius 2 is 1.91 bits per heavy atom. The molecule has 0 aliphatic heterocycles. The number of rotatable bonds is 4. The van der Waals surface area contributed by atoms with Gasteiger partial charge in [-0.3, -0.25) is 9.48 Å². The van der Waals surface area contributed by atoms with E-state index in [1.54, 1.807) is 25.6 Å². The predicted octanol–water partition coefficient (Wildman–Crippen LogP) is 2.45. The third-order valence-corrected chi connectivity index (χ3v) is 3.70. The van der Waals surface area contributed by atoms with Gasteiger partial charge in [-0.1, -0.05) is 17.7 Å². The smallest absolute Gasteiger partial charge is 0.342 e. The summed E-state index contributed by atoms with van der Waals surface area (Å²) in [4.78, 5) is 24.1. The van der Waals surface area contributed by atoms with Gasteiger partial charge < -0.3 is 10.1 Å². The largest absolute Gasteiger partial charge is 0.452 e. The third kappa shape index (κ3) is 3.77. The number of nitrogens with zero attached hydrogens (tertiary/aromatic N) is 2. The molecule has 1 heterocycles. The lowest BCUT2D eigenvalue weighted by Gasteiger charge is -2.09. The van der Waals surface area contributed by atoms with Gasteiger partial charge in [0.25, 0.3) is 5.91 Å². The summed E-state index contributed by atoms with van der Waals surface area (Å²) in [6, 6.07) is 5.72. The zero-order valence-corrected chi connectivity index (χ0v) is 14.1. The molecule has 0 bridgehead atoms. The average molecular weight is 315 g/mol. The number of carbonyl (C=O) groups is 2. The summed E-state index contributed by atoms with van der Waals surface area (Å²) in [5, 5.41) is 6.90. The Labute approximate surface area is 135 Å². The molecule has 0 saturated carbocycles. The van der Waals surface area contributed by atoms with Crippen LogP contribution in [0.15, 0.2) is 18.2 Å². The molecule has 23 heavy (non-hydrogen) atoms. The van der Waals surface area contributed by atoms with Crippen LogP contribution < -0.4 is 5.32 Å². The van der Waals surface area contributed by atoms with Gasteiger partial charge in [-0.15, -0.1) is 0 Å². The minimum absolute atomic E-state index is 0.333. The second-order valence-corrected chi connectivity index (χ2v) is 5.61. The Morgan fingerprint density at radius 3 is 2.48 bits per heavy atom. The van der Waals surface area contributed by atoms with Crippen LogP contribution in [0.2, 0.25) is 0 Å². The van der Waals surface area contributed by atoms with Crippen molar-refractivity contribution in [2.75, 3.05) is 11.9 Å². The highest BCUT2D eigenvalue weighted by Gasteiger charge is 2.19.